The highest BCUT2D eigenvalue weighted by molar-refractivity contribution is 5.95. The number of methoxy groups -OCH3 is 1. The molecular weight excluding hydrogens is 370 g/mol. The molecule has 3 aromatic rings. The summed E-state index contributed by atoms with van der Waals surface area (Å²) < 4.78 is 7.19. The van der Waals surface area contributed by atoms with Gasteiger partial charge in [-0.2, -0.15) is 0 Å². The van der Waals surface area contributed by atoms with Crippen LogP contribution in [0.5, 0.6) is 0 Å². The van der Waals surface area contributed by atoms with E-state index in [0.29, 0.717) is 18.0 Å². The highest BCUT2D eigenvalue weighted by Gasteiger charge is 2.27. The number of fused-ring (bicyclic) bond motifs is 1. The van der Waals surface area contributed by atoms with E-state index in [0.717, 1.165) is 16.6 Å². The number of esters is 1. The second-order valence-corrected chi connectivity index (χ2v) is 8.09. The summed E-state index contributed by atoms with van der Waals surface area (Å²) in [4.78, 5) is 12.2. The van der Waals surface area contributed by atoms with Crippen molar-refractivity contribution in [1.82, 2.24) is 4.57 Å². The fourth-order valence-electron chi connectivity index (χ4n) is 4.88. The maximum absolute atomic E-state index is 12.2. The molecule has 3 heteroatoms. The molecular formula is C27H29NO2. The van der Waals surface area contributed by atoms with E-state index >= 15 is 0 Å². The molecule has 1 fully saturated rings. The van der Waals surface area contributed by atoms with Crippen LogP contribution in [0.4, 0.5) is 0 Å². The molecule has 0 amide bonds. The van der Waals surface area contributed by atoms with Gasteiger partial charge in [0.1, 0.15) is 0 Å². The lowest BCUT2D eigenvalue weighted by molar-refractivity contribution is -0.136. The van der Waals surface area contributed by atoms with Crippen molar-refractivity contribution >= 4 is 22.9 Å². The van der Waals surface area contributed by atoms with Crippen molar-refractivity contribution in [2.75, 3.05) is 7.11 Å². The predicted octanol–water partition coefficient (Wildman–Crippen LogP) is 6.73. The molecule has 0 unspecified atom stereocenters. The Kier molecular flexibility index (Phi) is 5.89. The zero-order valence-corrected chi connectivity index (χ0v) is 17.7. The van der Waals surface area contributed by atoms with E-state index < -0.39 is 0 Å². The number of carbonyl (C=O) groups excluding carboxylic acids is 1. The van der Waals surface area contributed by atoms with Gasteiger partial charge in [0.15, 0.2) is 0 Å². The van der Waals surface area contributed by atoms with Gasteiger partial charge in [-0.1, -0.05) is 81.0 Å². The van der Waals surface area contributed by atoms with Gasteiger partial charge in [0.2, 0.25) is 0 Å². The Labute approximate surface area is 178 Å². The van der Waals surface area contributed by atoms with Crippen LogP contribution in [0.3, 0.4) is 0 Å². The Balaban J connectivity index is 2.02. The Bertz CT molecular complexity index is 1100. The molecule has 4 rings (SSSR count). The second-order valence-electron chi connectivity index (χ2n) is 8.09. The lowest BCUT2D eigenvalue weighted by Gasteiger charge is -2.24. The largest absolute Gasteiger partial charge is 0.466 e. The van der Waals surface area contributed by atoms with Crippen molar-refractivity contribution in [1.29, 1.82) is 0 Å². The van der Waals surface area contributed by atoms with E-state index in [2.05, 4.69) is 60.2 Å². The smallest absolute Gasteiger partial charge is 0.334 e. The van der Waals surface area contributed by atoms with Gasteiger partial charge in [0.05, 0.1) is 19.3 Å². The first kappa shape index (κ1) is 20.2. The van der Waals surface area contributed by atoms with Gasteiger partial charge in [-0.15, -0.1) is 0 Å². The number of carbonyl (C=O) groups is 1. The lowest BCUT2D eigenvalue weighted by Crippen LogP contribution is -2.12. The van der Waals surface area contributed by atoms with Crippen molar-refractivity contribution in [3.63, 3.8) is 0 Å². The SMILES string of the molecule is C=Cc1ccccc1-c1c(C2CCCCC2)c2ccccc2n1CC(=C)C(=O)OC. The Morgan fingerprint density at radius 2 is 1.80 bits per heavy atom. The van der Waals surface area contributed by atoms with E-state index in [4.69, 9.17) is 4.74 Å². The van der Waals surface area contributed by atoms with Crippen LogP contribution in [-0.2, 0) is 16.1 Å². The predicted molar refractivity (Wildman–Crippen MR) is 124 cm³/mol. The number of para-hydroxylation sites is 1. The van der Waals surface area contributed by atoms with Crippen LogP contribution in [0.25, 0.3) is 28.2 Å². The number of aromatic nitrogens is 1. The highest BCUT2D eigenvalue weighted by Crippen LogP contribution is 2.45. The van der Waals surface area contributed by atoms with Crippen LogP contribution in [0.1, 0.15) is 49.1 Å². The van der Waals surface area contributed by atoms with Crippen LogP contribution in [0.2, 0.25) is 0 Å². The average molecular weight is 400 g/mol. The van der Waals surface area contributed by atoms with E-state index in [1.54, 1.807) is 0 Å². The third-order valence-electron chi connectivity index (χ3n) is 6.28. The molecule has 0 spiro atoms. The number of ether oxygens (including phenoxy) is 1. The summed E-state index contributed by atoms with van der Waals surface area (Å²) in [6, 6.07) is 16.9. The molecule has 3 nitrogen and oxygen atoms in total. The molecule has 1 aliphatic rings. The van der Waals surface area contributed by atoms with E-state index in [1.165, 1.54) is 55.9 Å². The molecule has 154 valence electrons. The summed E-state index contributed by atoms with van der Waals surface area (Å²) >= 11 is 0. The van der Waals surface area contributed by atoms with E-state index in [9.17, 15) is 4.79 Å². The minimum atomic E-state index is -0.366. The molecule has 30 heavy (non-hydrogen) atoms. The van der Waals surface area contributed by atoms with Crippen molar-refractivity contribution < 1.29 is 9.53 Å². The molecule has 0 saturated heterocycles. The standard InChI is InChI=1S/C27H29NO2/c1-4-20-12-8-9-15-22(20)26-25(21-13-6-5-7-14-21)23-16-10-11-17-24(23)28(26)18-19(2)27(29)30-3/h4,8-12,15-17,21H,1-2,5-7,13-14,18H2,3H3. The maximum atomic E-state index is 12.2. The van der Waals surface area contributed by atoms with Crippen LogP contribution in [0.15, 0.2) is 67.3 Å². The third-order valence-corrected chi connectivity index (χ3v) is 6.28. The normalized spacial score (nSPS) is 14.6. The Morgan fingerprint density at radius 3 is 2.53 bits per heavy atom. The van der Waals surface area contributed by atoms with Gasteiger partial charge >= 0.3 is 5.97 Å². The number of nitrogens with zero attached hydrogens (tertiary/aromatic N) is 1. The number of hydrogen-bond donors (Lipinski definition) is 0. The molecule has 1 saturated carbocycles. The zero-order valence-electron chi connectivity index (χ0n) is 17.7. The third kappa shape index (κ3) is 3.60. The van der Waals surface area contributed by atoms with E-state index in [-0.39, 0.29) is 5.97 Å². The van der Waals surface area contributed by atoms with E-state index in [1.807, 2.05) is 12.1 Å². The molecule has 1 heterocycles. The number of benzene rings is 2. The minimum Gasteiger partial charge on any atom is -0.466 e. The summed E-state index contributed by atoms with van der Waals surface area (Å²) in [5, 5.41) is 1.27. The summed E-state index contributed by atoms with van der Waals surface area (Å²) in [7, 11) is 1.41. The summed E-state index contributed by atoms with van der Waals surface area (Å²) in [5.74, 6) is 0.152. The maximum Gasteiger partial charge on any atom is 0.334 e. The fraction of sp³-hybridized carbons (Fsp3) is 0.296. The van der Waals surface area contributed by atoms with Crippen molar-refractivity contribution in [3.05, 3.63) is 78.4 Å². The molecule has 0 aliphatic heterocycles. The van der Waals surface area contributed by atoms with Crippen molar-refractivity contribution in [2.24, 2.45) is 0 Å². The van der Waals surface area contributed by atoms with Crippen LogP contribution in [0, 0.1) is 0 Å². The highest BCUT2D eigenvalue weighted by atomic mass is 16.5. The van der Waals surface area contributed by atoms with Crippen molar-refractivity contribution in [2.45, 2.75) is 44.6 Å². The first-order chi connectivity index (χ1) is 14.7. The Morgan fingerprint density at radius 1 is 1.10 bits per heavy atom. The topological polar surface area (TPSA) is 31.2 Å². The van der Waals surface area contributed by atoms with Crippen molar-refractivity contribution in [3.8, 4) is 11.3 Å². The number of rotatable bonds is 6. The minimum absolute atomic E-state index is 0.366. The first-order valence-corrected chi connectivity index (χ1v) is 10.7. The summed E-state index contributed by atoms with van der Waals surface area (Å²) in [6.45, 7) is 8.46. The van der Waals surface area contributed by atoms with Crippen LogP contribution >= 0.6 is 0 Å². The van der Waals surface area contributed by atoms with Gasteiger partial charge in [-0.25, -0.2) is 4.79 Å². The lowest BCUT2D eigenvalue weighted by atomic mass is 9.81. The molecule has 1 aromatic heterocycles. The van der Waals surface area contributed by atoms with Gasteiger partial charge in [0, 0.05) is 22.0 Å². The number of hydrogen-bond acceptors (Lipinski definition) is 2. The molecule has 1 aliphatic carbocycles. The molecule has 0 N–H and O–H groups in total. The molecule has 2 aromatic carbocycles. The molecule has 0 radical (unpaired) electrons. The monoisotopic (exact) mass is 399 g/mol. The summed E-state index contributed by atoms with van der Waals surface area (Å²) in [6.07, 6.45) is 8.16. The van der Waals surface area contributed by atoms with Crippen LogP contribution < -0.4 is 0 Å². The second kappa shape index (κ2) is 8.74. The molecule has 0 atom stereocenters. The molecule has 0 bridgehead atoms. The van der Waals surface area contributed by atoms with Gasteiger partial charge in [-0.3, -0.25) is 0 Å². The van der Waals surface area contributed by atoms with Gasteiger partial charge < -0.3 is 9.30 Å². The summed E-state index contributed by atoms with van der Waals surface area (Å²) in [5.41, 5.74) is 6.42. The first-order valence-electron chi connectivity index (χ1n) is 10.7. The van der Waals surface area contributed by atoms with Gasteiger partial charge in [0.25, 0.3) is 0 Å². The quantitative estimate of drug-likeness (QED) is 0.340. The zero-order chi connectivity index (χ0) is 21.1. The van der Waals surface area contributed by atoms with Crippen LogP contribution in [-0.4, -0.2) is 17.6 Å². The van der Waals surface area contributed by atoms with Gasteiger partial charge in [-0.05, 0) is 36.0 Å². The average Bonchev–Trinajstić information content (AvgIpc) is 3.12. The Hall–Kier alpha value is -3.07. The fourth-order valence-corrected chi connectivity index (χ4v) is 4.88.